The summed E-state index contributed by atoms with van der Waals surface area (Å²) in [6.45, 7) is 4.22. The first-order chi connectivity index (χ1) is 13.4. The minimum Gasteiger partial charge on any atom is -0.496 e. The van der Waals surface area contributed by atoms with E-state index in [-0.39, 0.29) is 11.9 Å². The number of ether oxygens (including phenoxy) is 2. The quantitative estimate of drug-likeness (QED) is 0.829. The molecule has 0 aromatic heterocycles. The lowest BCUT2D eigenvalue weighted by Gasteiger charge is -2.50. The number of piperidine rings is 2. The third-order valence-electron chi connectivity index (χ3n) is 6.06. The lowest BCUT2D eigenvalue weighted by atomic mass is 9.75. The van der Waals surface area contributed by atoms with E-state index in [2.05, 4.69) is 17.0 Å². The molecule has 2 fully saturated rings. The first kappa shape index (κ1) is 20.9. The predicted molar refractivity (Wildman–Crippen MR) is 107 cm³/mol. The number of hydrogen-bond acceptors (Lipinski definition) is 5. The molecule has 2 atom stereocenters. The molecule has 0 bridgehead atoms. The molecule has 2 aliphatic heterocycles. The number of rotatable bonds is 5. The van der Waals surface area contributed by atoms with Crippen LogP contribution in [0.1, 0.15) is 24.0 Å². The number of amides is 2. The van der Waals surface area contributed by atoms with Crippen molar-refractivity contribution >= 4 is 6.03 Å². The number of fused-ring (bicyclic) bond motifs is 1. The molecule has 1 aromatic rings. The average molecular weight is 392 g/mol. The highest BCUT2D eigenvalue weighted by Crippen LogP contribution is 2.36. The Balaban J connectivity index is 1.67. The molecule has 3 rings (SSSR count). The molecule has 7 nitrogen and oxygen atoms in total. The monoisotopic (exact) mass is 391 g/mol. The molecule has 7 heteroatoms. The Morgan fingerprint density at radius 1 is 1.25 bits per heavy atom. The highest BCUT2D eigenvalue weighted by molar-refractivity contribution is 5.74. The van der Waals surface area contributed by atoms with Crippen molar-refractivity contribution in [1.82, 2.24) is 14.7 Å². The molecule has 0 radical (unpaired) electrons. The second kappa shape index (κ2) is 8.68. The average Bonchev–Trinajstić information content (AvgIpc) is 2.68. The normalized spacial score (nSPS) is 25.3. The Labute approximate surface area is 167 Å². The number of urea groups is 1. The summed E-state index contributed by atoms with van der Waals surface area (Å²) in [5.74, 6) is 0.916. The third-order valence-corrected chi connectivity index (χ3v) is 6.06. The molecule has 1 aromatic carbocycles. The van der Waals surface area contributed by atoms with E-state index < -0.39 is 5.60 Å². The van der Waals surface area contributed by atoms with Gasteiger partial charge in [-0.1, -0.05) is 6.07 Å². The molecule has 2 aliphatic rings. The van der Waals surface area contributed by atoms with Gasteiger partial charge in [0.1, 0.15) is 5.75 Å². The summed E-state index contributed by atoms with van der Waals surface area (Å²) in [5.41, 5.74) is 1.59. The Hall–Kier alpha value is -1.83. The van der Waals surface area contributed by atoms with E-state index >= 15 is 0 Å². The number of methoxy groups -OCH3 is 2. The van der Waals surface area contributed by atoms with E-state index in [1.54, 1.807) is 33.2 Å². The smallest absolute Gasteiger partial charge is 0.319 e. The standard InChI is InChI=1S/C21H33N3O4/c1-22(2)20(25)24-10-8-21(26)7-9-23(13-18(21)14-24)12-16-5-6-19(28-4)17(11-16)15-27-3/h5-6,11,18,26H,7-10,12-15H2,1-4H3/t18-,21-/m0/s1. The number of likely N-dealkylation sites (tertiary alicyclic amines) is 2. The Bertz CT molecular complexity index is 696. The molecular weight excluding hydrogens is 358 g/mol. The van der Waals surface area contributed by atoms with Crippen molar-refractivity contribution in [1.29, 1.82) is 0 Å². The summed E-state index contributed by atoms with van der Waals surface area (Å²) in [5, 5.41) is 11.1. The molecule has 1 N–H and O–H groups in total. The van der Waals surface area contributed by atoms with Crippen LogP contribution in [0.25, 0.3) is 0 Å². The summed E-state index contributed by atoms with van der Waals surface area (Å²) in [7, 11) is 6.90. The highest BCUT2D eigenvalue weighted by Gasteiger charge is 2.46. The van der Waals surface area contributed by atoms with Gasteiger partial charge in [0.15, 0.2) is 0 Å². The largest absolute Gasteiger partial charge is 0.496 e. The van der Waals surface area contributed by atoms with Crippen LogP contribution in [0, 0.1) is 5.92 Å². The maximum absolute atomic E-state index is 12.3. The number of aliphatic hydroxyl groups is 1. The molecule has 0 aliphatic carbocycles. The van der Waals surface area contributed by atoms with Crippen molar-refractivity contribution in [3.05, 3.63) is 29.3 Å². The lowest BCUT2D eigenvalue weighted by molar-refractivity contribution is -0.108. The minimum atomic E-state index is -0.652. The van der Waals surface area contributed by atoms with E-state index in [9.17, 15) is 9.90 Å². The van der Waals surface area contributed by atoms with Gasteiger partial charge >= 0.3 is 6.03 Å². The molecule has 28 heavy (non-hydrogen) atoms. The zero-order valence-corrected chi connectivity index (χ0v) is 17.5. The lowest BCUT2D eigenvalue weighted by Crippen LogP contribution is -2.61. The fourth-order valence-electron chi connectivity index (χ4n) is 4.43. The summed E-state index contributed by atoms with van der Waals surface area (Å²) in [6, 6.07) is 6.23. The Kier molecular flexibility index (Phi) is 6.47. The van der Waals surface area contributed by atoms with E-state index in [4.69, 9.17) is 9.47 Å². The van der Waals surface area contributed by atoms with Crippen LogP contribution in [0.5, 0.6) is 5.75 Å². The third kappa shape index (κ3) is 4.42. The molecule has 156 valence electrons. The number of hydrogen-bond donors (Lipinski definition) is 1. The van der Waals surface area contributed by atoms with Crippen LogP contribution >= 0.6 is 0 Å². The SMILES string of the molecule is COCc1cc(CN2CC[C@]3(O)CCN(C(=O)N(C)C)C[C@@H]3C2)ccc1OC. The number of benzene rings is 1. The first-order valence-electron chi connectivity index (χ1n) is 9.92. The number of nitrogens with zero attached hydrogens (tertiary/aromatic N) is 3. The van der Waals surface area contributed by atoms with Crippen molar-refractivity contribution in [2.24, 2.45) is 5.92 Å². The fourth-order valence-corrected chi connectivity index (χ4v) is 4.43. The van der Waals surface area contributed by atoms with Gasteiger partial charge < -0.3 is 24.4 Å². The Morgan fingerprint density at radius 2 is 2.00 bits per heavy atom. The van der Waals surface area contributed by atoms with E-state index in [1.165, 1.54) is 5.56 Å². The van der Waals surface area contributed by atoms with E-state index in [0.29, 0.717) is 26.1 Å². The van der Waals surface area contributed by atoms with Crippen LogP contribution in [-0.4, -0.2) is 85.9 Å². The predicted octanol–water partition coefficient (Wildman–Crippen LogP) is 1.78. The first-order valence-corrected chi connectivity index (χ1v) is 9.92. The molecule has 2 amide bonds. The van der Waals surface area contributed by atoms with Crippen molar-refractivity contribution in [2.45, 2.75) is 31.6 Å². The van der Waals surface area contributed by atoms with Crippen molar-refractivity contribution in [3.8, 4) is 5.75 Å². The van der Waals surface area contributed by atoms with Gasteiger partial charge in [-0.05, 0) is 30.5 Å². The number of carbonyl (C=O) groups is 1. The van der Waals surface area contributed by atoms with Gasteiger partial charge in [-0.2, -0.15) is 0 Å². The molecule has 2 heterocycles. The topological polar surface area (TPSA) is 65.5 Å². The Morgan fingerprint density at radius 3 is 2.68 bits per heavy atom. The highest BCUT2D eigenvalue weighted by atomic mass is 16.5. The zero-order valence-electron chi connectivity index (χ0n) is 17.5. The van der Waals surface area contributed by atoms with Gasteiger partial charge in [0.25, 0.3) is 0 Å². The van der Waals surface area contributed by atoms with Crippen molar-refractivity contribution in [3.63, 3.8) is 0 Å². The second-order valence-electron chi connectivity index (χ2n) is 8.24. The summed E-state index contributed by atoms with van der Waals surface area (Å²) in [6.07, 6.45) is 1.41. The number of carbonyl (C=O) groups excluding carboxylic acids is 1. The molecular formula is C21H33N3O4. The molecule has 0 saturated carbocycles. The van der Waals surface area contributed by atoms with Crippen LogP contribution in [0.15, 0.2) is 18.2 Å². The molecule has 0 spiro atoms. The van der Waals surface area contributed by atoms with Gasteiger partial charge in [-0.25, -0.2) is 4.79 Å². The van der Waals surface area contributed by atoms with Crippen LogP contribution in [-0.2, 0) is 17.9 Å². The fraction of sp³-hybridized carbons (Fsp3) is 0.667. The van der Waals surface area contributed by atoms with E-state index in [0.717, 1.165) is 37.4 Å². The van der Waals surface area contributed by atoms with Gasteiger partial charge in [-0.3, -0.25) is 4.90 Å². The zero-order chi connectivity index (χ0) is 20.3. The maximum Gasteiger partial charge on any atom is 0.319 e. The summed E-state index contributed by atoms with van der Waals surface area (Å²) in [4.78, 5) is 18.2. The second-order valence-corrected chi connectivity index (χ2v) is 8.24. The molecule has 0 unspecified atom stereocenters. The van der Waals surface area contributed by atoms with Crippen LogP contribution < -0.4 is 4.74 Å². The van der Waals surface area contributed by atoms with Gasteiger partial charge in [0, 0.05) is 65.4 Å². The van der Waals surface area contributed by atoms with Crippen molar-refractivity contribution in [2.75, 3.05) is 54.5 Å². The molecule has 2 saturated heterocycles. The van der Waals surface area contributed by atoms with Gasteiger partial charge in [-0.15, -0.1) is 0 Å². The van der Waals surface area contributed by atoms with Crippen LogP contribution in [0.4, 0.5) is 4.79 Å². The van der Waals surface area contributed by atoms with Gasteiger partial charge in [0.05, 0.1) is 19.3 Å². The summed E-state index contributed by atoms with van der Waals surface area (Å²) >= 11 is 0. The van der Waals surface area contributed by atoms with Gasteiger partial charge in [0.2, 0.25) is 0 Å². The van der Waals surface area contributed by atoms with E-state index in [1.807, 2.05) is 11.0 Å². The summed E-state index contributed by atoms with van der Waals surface area (Å²) < 4.78 is 10.7. The van der Waals surface area contributed by atoms with Crippen LogP contribution in [0.2, 0.25) is 0 Å². The maximum atomic E-state index is 12.3. The van der Waals surface area contributed by atoms with Crippen LogP contribution in [0.3, 0.4) is 0 Å². The minimum absolute atomic E-state index is 0.0264. The van der Waals surface area contributed by atoms with Crippen molar-refractivity contribution < 1.29 is 19.4 Å².